The number of hydrogen-bond acceptors (Lipinski definition) is 4. The molecule has 21 heavy (non-hydrogen) atoms. The summed E-state index contributed by atoms with van der Waals surface area (Å²) in [6, 6.07) is 0. The zero-order valence-electron chi connectivity index (χ0n) is 14.2. The van der Waals surface area contributed by atoms with Crippen LogP contribution in [0.3, 0.4) is 0 Å². The van der Waals surface area contributed by atoms with Crippen LogP contribution in [0, 0.1) is 5.41 Å². The van der Waals surface area contributed by atoms with Crippen LogP contribution in [0.5, 0.6) is 0 Å². The fourth-order valence-electron chi connectivity index (χ4n) is 3.98. The molecule has 1 aromatic carbocycles. The van der Waals surface area contributed by atoms with Crippen LogP contribution in [0.2, 0.25) is 0 Å². The molecule has 0 saturated carbocycles. The van der Waals surface area contributed by atoms with Crippen molar-refractivity contribution >= 4 is 17.1 Å². The number of nitrogen functional groups attached to an aromatic ring is 3. The molecule has 0 aromatic heterocycles. The van der Waals surface area contributed by atoms with Gasteiger partial charge in [-0.05, 0) is 40.3 Å². The lowest BCUT2D eigenvalue weighted by molar-refractivity contribution is 0.125. The Hall–Kier alpha value is -1.42. The van der Waals surface area contributed by atoms with Crippen molar-refractivity contribution in [3.05, 3.63) is 16.7 Å². The third kappa shape index (κ3) is 1.65. The molecule has 1 aromatic rings. The van der Waals surface area contributed by atoms with E-state index in [4.69, 9.17) is 22.9 Å². The van der Waals surface area contributed by atoms with Crippen LogP contribution >= 0.6 is 0 Å². The van der Waals surface area contributed by atoms with Crippen LogP contribution in [0.25, 0.3) is 0 Å². The molecule has 0 bridgehead atoms. The monoisotopic (exact) mass is 290 g/mol. The van der Waals surface area contributed by atoms with E-state index in [9.17, 15) is 0 Å². The van der Waals surface area contributed by atoms with E-state index in [1.54, 1.807) is 0 Å². The van der Waals surface area contributed by atoms with Crippen molar-refractivity contribution in [2.75, 3.05) is 23.7 Å². The Kier molecular flexibility index (Phi) is 3.26. The number of benzene rings is 1. The zero-order chi connectivity index (χ0) is 16.4. The third-order valence-electron chi connectivity index (χ3n) is 6.50. The van der Waals surface area contributed by atoms with Gasteiger partial charge in [0.1, 0.15) is 0 Å². The molecule has 4 heteroatoms. The van der Waals surface area contributed by atoms with Gasteiger partial charge in [0, 0.05) is 11.3 Å². The van der Waals surface area contributed by atoms with Gasteiger partial charge in [0.25, 0.3) is 0 Å². The molecule has 118 valence electrons. The summed E-state index contributed by atoms with van der Waals surface area (Å²) in [6.45, 7) is 14.0. The second-order valence-corrected chi connectivity index (χ2v) is 7.88. The average Bonchev–Trinajstić information content (AvgIpc) is 2.47. The van der Waals surface area contributed by atoms with Gasteiger partial charge in [-0.25, -0.2) is 0 Å². The molecule has 4 nitrogen and oxygen atoms in total. The van der Waals surface area contributed by atoms with Gasteiger partial charge in [0.05, 0.1) is 11.4 Å². The predicted molar refractivity (Wildman–Crippen MR) is 92.3 cm³/mol. The molecular weight excluding hydrogens is 260 g/mol. The molecule has 1 aliphatic rings. The van der Waals surface area contributed by atoms with Crippen molar-refractivity contribution in [1.82, 2.24) is 0 Å². The molecule has 0 radical (unpaired) electrons. The fraction of sp³-hybridized carbons (Fsp3) is 0.647. The van der Waals surface area contributed by atoms with Crippen LogP contribution < -0.4 is 22.9 Å². The first-order valence-corrected chi connectivity index (χ1v) is 7.63. The Morgan fingerprint density at radius 1 is 0.714 bits per heavy atom. The first kappa shape index (κ1) is 16.0. The molecule has 0 fully saturated rings. The number of nitrogens with two attached hydrogens (primary N) is 4. The summed E-state index contributed by atoms with van der Waals surface area (Å²) in [5.74, 6) is 0. The summed E-state index contributed by atoms with van der Waals surface area (Å²) < 4.78 is 0. The highest BCUT2D eigenvalue weighted by Gasteiger charge is 2.59. The standard InChI is InChI=1S/C17H30N4/c1-15(2)10-11(16(3,4)17(15,5)6)14(21)13(20)9(7-8-18)12(10)19/h7-8,18-21H2,1-6H3. The van der Waals surface area contributed by atoms with Crippen LogP contribution in [-0.2, 0) is 17.3 Å². The molecule has 0 atom stereocenters. The molecule has 0 saturated heterocycles. The summed E-state index contributed by atoms with van der Waals surface area (Å²) >= 11 is 0. The lowest BCUT2D eigenvalue weighted by Crippen LogP contribution is -2.42. The number of hydrogen-bond donors (Lipinski definition) is 4. The highest BCUT2D eigenvalue weighted by atomic mass is 14.8. The second kappa shape index (κ2) is 4.29. The second-order valence-electron chi connectivity index (χ2n) is 7.88. The Labute approximate surface area is 128 Å². The molecular formula is C17H30N4. The molecule has 0 unspecified atom stereocenters. The molecule has 0 spiro atoms. The van der Waals surface area contributed by atoms with Gasteiger partial charge in [0.15, 0.2) is 0 Å². The van der Waals surface area contributed by atoms with Gasteiger partial charge in [-0.3, -0.25) is 0 Å². The quantitative estimate of drug-likeness (QED) is 0.628. The van der Waals surface area contributed by atoms with E-state index in [1.807, 2.05) is 0 Å². The summed E-state index contributed by atoms with van der Waals surface area (Å²) in [4.78, 5) is 0. The van der Waals surface area contributed by atoms with E-state index in [1.165, 1.54) is 0 Å². The first-order chi connectivity index (χ1) is 9.42. The van der Waals surface area contributed by atoms with E-state index in [0.717, 1.165) is 22.4 Å². The summed E-state index contributed by atoms with van der Waals surface area (Å²) in [5.41, 5.74) is 30.0. The highest BCUT2D eigenvalue weighted by molar-refractivity contribution is 5.85. The van der Waals surface area contributed by atoms with E-state index < -0.39 is 0 Å². The fourth-order valence-corrected chi connectivity index (χ4v) is 3.98. The topological polar surface area (TPSA) is 104 Å². The molecule has 0 amide bonds. The van der Waals surface area contributed by atoms with Gasteiger partial charge < -0.3 is 22.9 Å². The van der Waals surface area contributed by atoms with E-state index in [-0.39, 0.29) is 16.2 Å². The number of fused-ring (bicyclic) bond motifs is 1. The lowest BCUT2D eigenvalue weighted by Gasteiger charge is -2.44. The summed E-state index contributed by atoms with van der Waals surface area (Å²) in [7, 11) is 0. The third-order valence-corrected chi connectivity index (χ3v) is 6.50. The van der Waals surface area contributed by atoms with E-state index in [2.05, 4.69) is 41.5 Å². The predicted octanol–water partition coefficient (Wildman–Crippen LogP) is 2.53. The van der Waals surface area contributed by atoms with E-state index in [0.29, 0.717) is 24.3 Å². The van der Waals surface area contributed by atoms with Gasteiger partial charge in [-0.1, -0.05) is 41.5 Å². The first-order valence-electron chi connectivity index (χ1n) is 7.63. The van der Waals surface area contributed by atoms with Crippen LogP contribution in [0.15, 0.2) is 0 Å². The van der Waals surface area contributed by atoms with Crippen LogP contribution in [0.1, 0.15) is 58.2 Å². The van der Waals surface area contributed by atoms with Crippen molar-refractivity contribution in [3.8, 4) is 0 Å². The maximum atomic E-state index is 6.52. The summed E-state index contributed by atoms with van der Waals surface area (Å²) in [6.07, 6.45) is 0.659. The maximum absolute atomic E-state index is 6.52. The molecule has 0 heterocycles. The van der Waals surface area contributed by atoms with E-state index >= 15 is 0 Å². The Bertz CT molecular complexity index is 598. The Morgan fingerprint density at radius 3 is 1.57 bits per heavy atom. The van der Waals surface area contributed by atoms with Crippen molar-refractivity contribution in [2.24, 2.45) is 11.1 Å². The molecule has 0 aliphatic heterocycles. The van der Waals surface area contributed by atoms with Crippen molar-refractivity contribution in [3.63, 3.8) is 0 Å². The van der Waals surface area contributed by atoms with Gasteiger partial charge >= 0.3 is 0 Å². The number of rotatable bonds is 2. The zero-order valence-corrected chi connectivity index (χ0v) is 14.2. The molecule has 2 rings (SSSR count). The minimum Gasteiger partial charge on any atom is -0.398 e. The largest absolute Gasteiger partial charge is 0.398 e. The van der Waals surface area contributed by atoms with Crippen molar-refractivity contribution in [1.29, 1.82) is 0 Å². The summed E-state index contributed by atoms with van der Waals surface area (Å²) in [5, 5.41) is 0. The smallest absolute Gasteiger partial charge is 0.0604 e. The SMILES string of the molecule is CC1(C)c2c(N)c(N)c(CCN)c(N)c2C(C)(C)C1(C)C. The highest BCUT2D eigenvalue weighted by Crippen LogP contribution is 2.65. The maximum Gasteiger partial charge on any atom is 0.0604 e. The van der Waals surface area contributed by atoms with Gasteiger partial charge in [0.2, 0.25) is 0 Å². The van der Waals surface area contributed by atoms with Crippen LogP contribution in [-0.4, -0.2) is 6.54 Å². The molecule has 8 N–H and O–H groups in total. The van der Waals surface area contributed by atoms with Crippen molar-refractivity contribution in [2.45, 2.75) is 58.8 Å². The lowest BCUT2D eigenvalue weighted by atomic mass is 9.59. The normalized spacial score (nSPS) is 21.3. The Balaban J connectivity index is 2.95. The van der Waals surface area contributed by atoms with Gasteiger partial charge in [-0.2, -0.15) is 0 Å². The minimum atomic E-state index is -0.0978. The molecule has 1 aliphatic carbocycles. The van der Waals surface area contributed by atoms with Crippen LogP contribution in [0.4, 0.5) is 17.1 Å². The minimum absolute atomic E-state index is 0.0123. The van der Waals surface area contributed by atoms with Gasteiger partial charge in [-0.15, -0.1) is 0 Å². The number of anilines is 3. The van der Waals surface area contributed by atoms with Crippen molar-refractivity contribution < 1.29 is 0 Å². The Morgan fingerprint density at radius 2 is 1.14 bits per heavy atom. The average molecular weight is 290 g/mol.